The second-order valence-corrected chi connectivity index (χ2v) is 11.4. The number of benzene rings is 1. The van der Waals surface area contributed by atoms with E-state index in [1.165, 1.54) is 52.8 Å². The summed E-state index contributed by atoms with van der Waals surface area (Å²) in [5, 5.41) is 30.6. The van der Waals surface area contributed by atoms with Gasteiger partial charge in [-0.15, -0.1) is 11.8 Å². The maximum Gasteiger partial charge on any atom is 0.410 e. The van der Waals surface area contributed by atoms with E-state index >= 15 is 0 Å². The Morgan fingerprint density at radius 3 is 2.52 bits per heavy atom. The van der Waals surface area contributed by atoms with E-state index in [2.05, 4.69) is 0 Å². The first-order valence-electron chi connectivity index (χ1n) is 12.6. The van der Waals surface area contributed by atoms with E-state index in [1.54, 1.807) is 0 Å². The minimum absolute atomic E-state index is 0.00957. The second-order valence-electron chi connectivity index (χ2n) is 10.0. The van der Waals surface area contributed by atoms with Crippen LogP contribution in [0.4, 0.5) is 10.5 Å². The zero-order chi connectivity index (χ0) is 29.3. The predicted octanol–water partition coefficient (Wildman–Crippen LogP) is 1.06. The lowest BCUT2D eigenvalue weighted by Gasteiger charge is -2.46. The van der Waals surface area contributed by atoms with Crippen molar-refractivity contribution in [2.75, 3.05) is 19.8 Å². The summed E-state index contributed by atoms with van der Waals surface area (Å²) in [6, 6.07) is 4.61. The Balaban J connectivity index is 1.47. The lowest BCUT2D eigenvalue weighted by atomic mass is 9.79. The fourth-order valence-electron chi connectivity index (χ4n) is 5.44. The molecule has 3 aliphatic rings. The van der Waals surface area contributed by atoms with E-state index in [0.717, 1.165) is 0 Å². The van der Waals surface area contributed by atoms with E-state index in [4.69, 9.17) is 15.2 Å². The van der Waals surface area contributed by atoms with Gasteiger partial charge in [0.15, 0.2) is 0 Å². The predicted molar refractivity (Wildman–Crippen MR) is 139 cm³/mol. The van der Waals surface area contributed by atoms with Crippen LogP contribution in [0.25, 0.3) is 0 Å². The molecule has 6 atom stereocenters. The van der Waals surface area contributed by atoms with Crippen LogP contribution in [0.5, 0.6) is 0 Å². The molecule has 1 aromatic rings. The van der Waals surface area contributed by atoms with Crippen LogP contribution in [0.1, 0.15) is 25.8 Å². The van der Waals surface area contributed by atoms with E-state index in [9.17, 15) is 39.5 Å². The SMILES string of the molecule is C[C@@H](O)[C@H]1C(=O)N2C(C(=O)O)=C(S[C@H]3C[C@@H](COCC(N)=O)N(C(=O)OCc4ccc([N+](=O)[O-])cc4)C3)[C@H](C)[C@H]12. The topological polar surface area (TPSA) is 203 Å². The number of primary amides is 1. The van der Waals surface area contributed by atoms with Gasteiger partial charge in [-0.2, -0.15) is 0 Å². The van der Waals surface area contributed by atoms with Gasteiger partial charge in [0, 0.05) is 34.8 Å². The van der Waals surface area contributed by atoms with Gasteiger partial charge in [0.1, 0.15) is 18.9 Å². The molecule has 15 heteroatoms. The van der Waals surface area contributed by atoms with Crippen molar-refractivity contribution in [1.29, 1.82) is 0 Å². The number of carbonyl (C=O) groups is 4. The average Bonchev–Trinajstić information content (AvgIpc) is 3.39. The molecule has 3 aliphatic heterocycles. The molecular weight excluding hydrogens is 548 g/mol. The Morgan fingerprint density at radius 2 is 1.95 bits per heavy atom. The van der Waals surface area contributed by atoms with Gasteiger partial charge >= 0.3 is 12.1 Å². The lowest BCUT2D eigenvalue weighted by molar-refractivity contribution is -0.384. The van der Waals surface area contributed by atoms with Crippen molar-refractivity contribution in [1.82, 2.24) is 9.80 Å². The van der Waals surface area contributed by atoms with Crippen LogP contribution in [-0.2, 0) is 30.5 Å². The first kappa shape index (κ1) is 29.3. The lowest BCUT2D eigenvalue weighted by Crippen LogP contribution is -2.63. The van der Waals surface area contributed by atoms with E-state index in [-0.39, 0.29) is 48.9 Å². The van der Waals surface area contributed by atoms with E-state index < -0.39 is 52.9 Å². The summed E-state index contributed by atoms with van der Waals surface area (Å²) in [5.74, 6) is -3.37. The molecule has 14 nitrogen and oxygen atoms in total. The van der Waals surface area contributed by atoms with Crippen molar-refractivity contribution in [3.8, 4) is 0 Å². The quantitative estimate of drug-likeness (QED) is 0.192. The van der Waals surface area contributed by atoms with Crippen LogP contribution in [0.15, 0.2) is 34.9 Å². The fraction of sp³-hybridized carbons (Fsp3) is 0.520. The van der Waals surface area contributed by atoms with Crippen LogP contribution < -0.4 is 5.73 Å². The molecule has 216 valence electrons. The number of hydrogen-bond donors (Lipinski definition) is 3. The number of non-ortho nitro benzene ring substituents is 1. The zero-order valence-electron chi connectivity index (χ0n) is 21.8. The molecule has 0 unspecified atom stereocenters. The molecular formula is C25H30N4O10S. The number of carboxylic acids is 1. The fourth-order valence-corrected chi connectivity index (χ4v) is 7.00. The van der Waals surface area contributed by atoms with E-state index in [1.807, 2.05) is 6.92 Å². The van der Waals surface area contributed by atoms with Crippen molar-refractivity contribution in [2.24, 2.45) is 17.6 Å². The number of β-lactam (4-membered cyclic amide) rings is 1. The molecule has 0 aliphatic carbocycles. The first-order valence-corrected chi connectivity index (χ1v) is 13.5. The number of aliphatic hydroxyl groups excluding tert-OH is 1. The number of likely N-dealkylation sites (tertiary alicyclic amines) is 1. The summed E-state index contributed by atoms with van der Waals surface area (Å²) in [6.45, 7) is 3.01. The third-order valence-corrected chi connectivity index (χ3v) is 8.77. The Bertz CT molecular complexity index is 1240. The van der Waals surface area contributed by atoms with Crippen LogP contribution >= 0.6 is 11.8 Å². The first-order chi connectivity index (χ1) is 18.9. The van der Waals surface area contributed by atoms with Crippen molar-refractivity contribution in [3.05, 3.63) is 50.5 Å². The van der Waals surface area contributed by atoms with E-state index in [0.29, 0.717) is 16.9 Å². The minimum Gasteiger partial charge on any atom is -0.477 e. The molecule has 4 N–H and O–H groups in total. The molecule has 1 aromatic carbocycles. The highest BCUT2D eigenvalue weighted by Gasteiger charge is 2.60. The smallest absolute Gasteiger partial charge is 0.410 e. The summed E-state index contributed by atoms with van der Waals surface area (Å²) in [7, 11) is 0. The number of carboxylic acid groups (broad SMARTS) is 1. The van der Waals surface area contributed by atoms with Gasteiger partial charge in [-0.05, 0) is 31.0 Å². The number of aliphatic carboxylic acids is 1. The molecule has 3 amide bonds. The number of carbonyl (C=O) groups excluding carboxylic acids is 3. The highest BCUT2D eigenvalue weighted by Crippen LogP contribution is 2.52. The number of thioether (sulfide) groups is 1. The number of rotatable bonds is 11. The number of nitro benzene ring substituents is 1. The van der Waals surface area contributed by atoms with Crippen molar-refractivity contribution in [3.63, 3.8) is 0 Å². The van der Waals surface area contributed by atoms with Gasteiger partial charge in [0.2, 0.25) is 11.8 Å². The normalized spacial score (nSPS) is 26.4. The van der Waals surface area contributed by atoms with Gasteiger partial charge in [0.25, 0.3) is 5.69 Å². The van der Waals surface area contributed by atoms with Gasteiger partial charge in [0.05, 0.1) is 35.6 Å². The zero-order valence-corrected chi connectivity index (χ0v) is 22.6. The molecule has 0 aromatic heterocycles. The second kappa shape index (κ2) is 11.8. The summed E-state index contributed by atoms with van der Waals surface area (Å²) in [6.07, 6.45) is -1.21. The molecule has 2 fully saturated rings. The van der Waals surface area contributed by atoms with Crippen LogP contribution in [0, 0.1) is 22.0 Å². The van der Waals surface area contributed by atoms with Crippen LogP contribution in [0.2, 0.25) is 0 Å². The number of ether oxygens (including phenoxy) is 2. The van der Waals surface area contributed by atoms with Crippen molar-refractivity contribution >= 4 is 41.3 Å². The number of aliphatic hydroxyl groups is 1. The Kier molecular flexibility index (Phi) is 8.65. The van der Waals surface area contributed by atoms with Gasteiger partial charge in [-0.1, -0.05) is 6.92 Å². The Morgan fingerprint density at radius 1 is 1.27 bits per heavy atom. The summed E-state index contributed by atoms with van der Waals surface area (Å²) in [4.78, 5) is 62.5. The minimum atomic E-state index is -1.24. The van der Waals surface area contributed by atoms with Gasteiger partial charge < -0.3 is 35.2 Å². The number of amides is 3. The third-order valence-electron chi connectivity index (χ3n) is 7.28. The highest BCUT2D eigenvalue weighted by atomic mass is 32.2. The Labute approximate surface area is 233 Å². The molecule has 0 saturated carbocycles. The molecule has 4 rings (SSSR count). The maximum absolute atomic E-state index is 13.0. The highest BCUT2D eigenvalue weighted by molar-refractivity contribution is 8.03. The standard InChI is InChI=1S/C25H30N4O10S/c1-12-20-19(13(2)30)23(32)28(20)21(24(33)34)22(12)40-17-7-16(10-38-11-18(26)31)27(8-17)25(35)39-9-14-3-5-15(6-4-14)29(36)37/h3-6,12-13,16-17,19-20,30H,7-11H2,1-2H3,(H2,26,31)(H,33,34)/t12-,13-,16+,17+,19-,20-/m1/s1. The molecule has 2 saturated heterocycles. The average molecular weight is 579 g/mol. The summed E-state index contributed by atoms with van der Waals surface area (Å²) >= 11 is 1.27. The molecule has 3 heterocycles. The summed E-state index contributed by atoms with van der Waals surface area (Å²) < 4.78 is 10.8. The van der Waals surface area contributed by atoms with Gasteiger partial charge in [-0.25, -0.2) is 9.59 Å². The largest absolute Gasteiger partial charge is 0.477 e. The maximum atomic E-state index is 13.0. The number of fused-ring (bicyclic) bond motifs is 1. The van der Waals surface area contributed by atoms with Crippen LogP contribution in [-0.4, -0.2) is 92.0 Å². The number of nitrogens with two attached hydrogens (primary N) is 1. The molecule has 40 heavy (non-hydrogen) atoms. The number of nitro groups is 1. The van der Waals surface area contributed by atoms with Gasteiger partial charge in [-0.3, -0.25) is 19.7 Å². The summed E-state index contributed by atoms with van der Waals surface area (Å²) in [5.41, 5.74) is 5.50. The number of hydrogen-bond acceptors (Lipinski definition) is 10. The molecule has 0 spiro atoms. The Hall–Kier alpha value is -3.69. The van der Waals surface area contributed by atoms with Crippen LogP contribution in [0.3, 0.4) is 0 Å². The third kappa shape index (κ3) is 5.76. The van der Waals surface area contributed by atoms with Crippen molar-refractivity contribution < 1.29 is 43.8 Å². The monoisotopic (exact) mass is 578 g/mol. The van der Waals surface area contributed by atoms with Crippen molar-refractivity contribution in [2.45, 2.75) is 50.3 Å². The molecule has 0 radical (unpaired) electrons. The number of nitrogens with zero attached hydrogens (tertiary/aromatic N) is 3. The molecule has 0 bridgehead atoms.